The number of nitrogens with zero attached hydrogens (tertiary/aromatic N) is 1. The summed E-state index contributed by atoms with van der Waals surface area (Å²) in [6.45, 7) is 2.16. The number of nitrogens with one attached hydrogen (secondary N) is 1. The third-order valence-corrected chi connectivity index (χ3v) is 3.92. The normalized spacial score (nSPS) is 22.8. The van der Waals surface area contributed by atoms with Crippen molar-refractivity contribution in [3.8, 4) is 6.07 Å². The van der Waals surface area contributed by atoms with Crippen molar-refractivity contribution in [2.75, 3.05) is 5.32 Å². The molecule has 0 radical (unpaired) electrons. The second kappa shape index (κ2) is 6.01. The molecule has 0 heterocycles. The summed E-state index contributed by atoms with van der Waals surface area (Å²) in [5, 5.41) is 11.7. The molecule has 1 aromatic carbocycles. The lowest BCUT2D eigenvalue weighted by atomic mass is 9.84. The molecular formula is C15H18F2N2. The highest BCUT2D eigenvalue weighted by Gasteiger charge is 2.22. The fourth-order valence-electron chi connectivity index (χ4n) is 2.76. The topological polar surface area (TPSA) is 35.8 Å². The quantitative estimate of drug-likeness (QED) is 0.887. The second-order valence-electron chi connectivity index (χ2n) is 5.18. The van der Waals surface area contributed by atoms with Crippen LogP contribution in [0.1, 0.15) is 44.6 Å². The largest absolute Gasteiger partial charge is 0.380 e. The van der Waals surface area contributed by atoms with Gasteiger partial charge < -0.3 is 5.32 Å². The van der Waals surface area contributed by atoms with Crippen molar-refractivity contribution in [2.24, 2.45) is 5.92 Å². The average molecular weight is 264 g/mol. The summed E-state index contributed by atoms with van der Waals surface area (Å²) in [6, 6.07) is 4.61. The lowest BCUT2D eigenvalue weighted by molar-refractivity contribution is 0.326. The average Bonchev–Trinajstić information content (AvgIpc) is 2.44. The minimum absolute atomic E-state index is 0.165. The highest BCUT2D eigenvalue weighted by molar-refractivity contribution is 5.50. The van der Waals surface area contributed by atoms with E-state index in [0.717, 1.165) is 25.7 Å². The first kappa shape index (κ1) is 13.8. The Hall–Kier alpha value is -1.63. The molecule has 1 aliphatic rings. The maximum Gasteiger partial charge on any atom is 0.183 e. The number of halogens is 2. The Morgan fingerprint density at radius 3 is 2.79 bits per heavy atom. The summed E-state index contributed by atoms with van der Waals surface area (Å²) >= 11 is 0. The molecule has 0 spiro atoms. The summed E-state index contributed by atoms with van der Waals surface area (Å²) in [5.41, 5.74) is -0.0867. The second-order valence-corrected chi connectivity index (χ2v) is 5.18. The van der Waals surface area contributed by atoms with Crippen LogP contribution in [0.2, 0.25) is 0 Å². The maximum atomic E-state index is 13.8. The van der Waals surface area contributed by atoms with Gasteiger partial charge in [-0.05, 0) is 30.9 Å². The molecule has 0 bridgehead atoms. The highest BCUT2D eigenvalue weighted by atomic mass is 19.2. The van der Waals surface area contributed by atoms with Crippen molar-refractivity contribution in [1.82, 2.24) is 0 Å². The molecule has 2 atom stereocenters. The summed E-state index contributed by atoms with van der Waals surface area (Å²) in [7, 11) is 0. The summed E-state index contributed by atoms with van der Waals surface area (Å²) in [6.07, 6.45) is 5.45. The van der Waals surface area contributed by atoms with E-state index in [1.165, 1.54) is 18.6 Å². The molecule has 0 aromatic heterocycles. The van der Waals surface area contributed by atoms with E-state index < -0.39 is 11.6 Å². The van der Waals surface area contributed by atoms with Gasteiger partial charge in [-0.25, -0.2) is 8.78 Å². The number of hydrogen-bond acceptors (Lipinski definition) is 2. The van der Waals surface area contributed by atoms with Crippen molar-refractivity contribution in [2.45, 2.75) is 45.1 Å². The Morgan fingerprint density at radius 2 is 2.11 bits per heavy atom. The first-order valence-electron chi connectivity index (χ1n) is 6.80. The third kappa shape index (κ3) is 3.04. The SMILES string of the molecule is CCC1CCCC(Nc2ccc(C#N)c(F)c2F)C1. The first-order chi connectivity index (χ1) is 9.15. The van der Waals surface area contributed by atoms with Crippen molar-refractivity contribution in [1.29, 1.82) is 5.26 Å². The third-order valence-electron chi connectivity index (χ3n) is 3.92. The van der Waals surface area contributed by atoms with E-state index in [1.54, 1.807) is 6.07 Å². The molecule has 1 fully saturated rings. The van der Waals surface area contributed by atoms with Gasteiger partial charge in [-0.15, -0.1) is 0 Å². The van der Waals surface area contributed by atoms with E-state index in [-0.39, 0.29) is 17.3 Å². The van der Waals surface area contributed by atoms with Crippen molar-refractivity contribution in [3.63, 3.8) is 0 Å². The van der Waals surface area contributed by atoms with Crippen LogP contribution in [-0.4, -0.2) is 6.04 Å². The van der Waals surface area contributed by atoms with Crippen molar-refractivity contribution < 1.29 is 8.78 Å². The van der Waals surface area contributed by atoms with Crippen LogP contribution in [0.4, 0.5) is 14.5 Å². The molecular weight excluding hydrogens is 246 g/mol. The van der Waals surface area contributed by atoms with Crippen LogP contribution in [-0.2, 0) is 0 Å². The van der Waals surface area contributed by atoms with E-state index in [9.17, 15) is 8.78 Å². The molecule has 0 aliphatic heterocycles. The molecule has 2 unspecified atom stereocenters. The van der Waals surface area contributed by atoms with Crippen LogP contribution in [0.15, 0.2) is 12.1 Å². The number of rotatable bonds is 3. The monoisotopic (exact) mass is 264 g/mol. The predicted molar refractivity (Wildman–Crippen MR) is 70.7 cm³/mol. The van der Waals surface area contributed by atoms with Crippen LogP contribution in [0.25, 0.3) is 0 Å². The zero-order valence-electron chi connectivity index (χ0n) is 11.0. The molecule has 102 valence electrons. The van der Waals surface area contributed by atoms with E-state index in [2.05, 4.69) is 12.2 Å². The van der Waals surface area contributed by atoms with Crippen LogP contribution < -0.4 is 5.32 Å². The van der Waals surface area contributed by atoms with Crippen LogP contribution in [0, 0.1) is 28.9 Å². The molecule has 1 aliphatic carbocycles. The van der Waals surface area contributed by atoms with Crippen LogP contribution in [0.3, 0.4) is 0 Å². The van der Waals surface area contributed by atoms with E-state index in [4.69, 9.17) is 5.26 Å². The number of benzene rings is 1. The van der Waals surface area contributed by atoms with E-state index >= 15 is 0 Å². The highest BCUT2D eigenvalue weighted by Crippen LogP contribution is 2.30. The number of hydrogen-bond donors (Lipinski definition) is 1. The molecule has 0 amide bonds. The molecule has 1 saturated carbocycles. The molecule has 4 heteroatoms. The Morgan fingerprint density at radius 1 is 1.32 bits per heavy atom. The zero-order valence-corrected chi connectivity index (χ0v) is 11.0. The summed E-state index contributed by atoms with van der Waals surface area (Å²) in [5.74, 6) is -1.34. The lowest BCUT2D eigenvalue weighted by Crippen LogP contribution is -2.27. The molecule has 1 N–H and O–H groups in total. The first-order valence-corrected chi connectivity index (χ1v) is 6.80. The summed E-state index contributed by atoms with van der Waals surface area (Å²) < 4.78 is 27.3. The molecule has 2 nitrogen and oxygen atoms in total. The zero-order chi connectivity index (χ0) is 13.8. The maximum absolute atomic E-state index is 13.8. The fraction of sp³-hybridized carbons (Fsp3) is 0.533. The van der Waals surface area contributed by atoms with Crippen LogP contribution >= 0.6 is 0 Å². The predicted octanol–water partition coefficient (Wildman–Crippen LogP) is 4.22. The smallest absolute Gasteiger partial charge is 0.183 e. The molecule has 0 saturated heterocycles. The van der Waals surface area contributed by atoms with Gasteiger partial charge in [0.2, 0.25) is 0 Å². The Balaban J connectivity index is 2.11. The van der Waals surface area contributed by atoms with Gasteiger partial charge in [0.15, 0.2) is 11.6 Å². The molecule has 19 heavy (non-hydrogen) atoms. The van der Waals surface area contributed by atoms with Gasteiger partial charge in [0.05, 0.1) is 11.3 Å². The Bertz CT molecular complexity index is 494. The van der Waals surface area contributed by atoms with Crippen molar-refractivity contribution >= 4 is 5.69 Å². The number of nitriles is 1. The van der Waals surface area contributed by atoms with Gasteiger partial charge in [-0.2, -0.15) is 5.26 Å². The van der Waals surface area contributed by atoms with Crippen LogP contribution in [0.5, 0.6) is 0 Å². The standard InChI is InChI=1S/C15H18F2N2/c1-2-10-4-3-5-12(8-10)19-13-7-6-11(9-18)14(16)15(13)17/h6-7,10,12,19H,2-5,8H2,1H3. The van der Waals surface area contributed by atoms with E-state index in [1.807, 2.05) is 0 Å². The molecule has 2 rings (SSSR count). The Labute approximate surface area is 112 Å². The van der Waals surface area contributed by atoms with Gasteiger partial charge in [0.25, 0.3) is 0 Å². The number of anilines is 1. The van der Waals surface area contributed by atoms with Gasteiger partial charge in [-0.3, -0.25) is 0 Å². The molecule has 1 aromatic rings. The van der Waals surface area contributed by atoms with Gasteiger partial charge in [-0.1, -0.05) is 26.2 Å². The van der Waals surface area contributed by atoms with E-state index in [0.29, 0.717) is 5.92 Å². The van der Waals surface area contributed by atoms with Crippen molar-refractivity contribution in [3.05, 3.63) is 29.3 Å². The summed E-state index contributed by atoms with van der Waals surface area (Å²) in [4.78, 5) is 0. The fourth-order valence-corrected chi connectivity index (χ4v) is 2.76. The minimum Gasteiger partial charge on any atom is -0.380 e. The minimum atomic E-state index is -1.06. The van der Waals surface area contributed by atoms with Gasteiger partial charge >= 0.3 is 0 Å². The van der Waals surface area contributed by atoms with Gasteiger partial charge in [0.1, 0.15) is 6.07 Å². The lowest BCUT2D eigenvalue weighted by Gasteiger charge is -2.30. The van der Waals surface area contributed by atoms with Gasteiger partial charge in [0, 0.05) is 6.04 Å². The Kier molecular flexibility index (Phi) is 4.36.